The van der Waals surface area contributed by atoms with Crippen LogP contribution in [0.4, 0.5) is 10.5 Å². The molecular formula is C13H17NO3. The van der Waals surface area contributed by atoms with Crippen molar-refractivity contribution in [2.75, 3.05) is 11.9 Å². The fourth-order valence-corrected chi connectivity index (χ4v) is 1.18. The zero-order chi connectivity index (χ0) is 12.8. The zero-order valence-electron chi connectivity index (χ0n) is 10.3. The van der Waals surface area contributed by atoms with Gasteiger partial charge >= 0.3 is 6.09 Å². The first-order valence-electron chi connectivity index (χ1n) is 5.54. The van der Waals surface area contributed by atoms with Crippen LogP contribution in [0.2, 0.25) is 0 Å². The lowest BCUT2D eigenvalue weighted by atomic mass is 10.1. The molecule has 1 rings (SSSR count). The maximum absolute atomic E-state index is 11.3. The predicted octanol–water partition coefficient (Wildman–Crippen LogP) is 3.09. The summed E-state index contributed by atoms with van der Waals surface area (Å²) in [5.74, 6) is 0.305. The molecule has 0 aliphatic rings. The van der Waals surface area contributed by atoms with Crippen molar-refractivity contribution in [2.24, 2.45) is 5.92 Å². The first kappa shape index (κ1) is 13.2. The van der Waals surface area contributed by atoms with E-state index in [0.717, 1.165) is 0 Å². The highest BCUT2D eigenvalue weighted by atomic mass is 16.5. The van der Waals surface area contributed by atoms with Gasteiger partial charge in [-0.3, -0.25) is 10.1 Å². The van der Waals surface area contributed by atoms with Crippen LogP contribution in [0.5, 0.6) is 0 Å². The van der Waals surface area contributed by atoms with Crippen molar-refractivity contribution in [3.8, 4) is 0 Å². The number of ether oxygens (including phenoxy) is 1. The van der Waals surface area contributed by atoms with Crippen LogP contribution in [0.3, 0.4) is 0 Å². The predicted molar refractivity (Wildman–Crippen MR) is 66.3 cm³/mol. The summed E-state index contributed by atoms with van der Waals surface area (Å²) in [5.41, 5.74) is 1.23. The second-order valence-electron chi connectivity index (χ2n) is 4.25. The molecule has 0 radical (unpaired) electrons. The maximum atomic E-state index is 11.3. The number of amides is 1. The summed E-state index contributed by atoms with van der Waals surface area (Å²) >= 11 is 0. The average molecular weight is 235 g/mol. The number of carbonyl (C=O) groups is 2. The highest BCUT2D eigenvalue weighted by Crippen LogP contribution is 2.10. The Kier molecular flexibility index (Phi) is 4.69. The lowest BCUT2D eigenvalue weighted by molar-refractivity contribution is 0.101. The highest BCUT2D eigenvalue weighted by molar-refractivity contribution is 5.94. The van der Waals surface area contributed by atoms with Crippen LogP contribution >= 0.6 is 0 Å². The Morgan fingerprint density at radius 2 is 1.82 bits per heavy atom. The molecule has 1 aromatic carbocycles. The molecule has 0 heterocycles. The normalized spacial score (nSPS) is 10.1. The lowest BCUT2D eigenvalue weighted by Gasteiger charge is -2.08. The third kappa shape index (κ3) is 4.68. The Morgan fingerprint density at radius 1 is 1.24 bits per heavy atom. The summed E-state index contributed by atoms with van der Waals surface area (Å²) in [7, 11) is 0. The molecule has 0 aliphatic carbocycles. The van der Waals surface area contributed by atoms with E-state index in [1.165, 1.54) is 6.92 Å². The third-order valence-electron chi connectivity index (χ3n) is 2.09. The summed E-state index contributed by atoms with van der Waals surface area (Å²) in [5, 5.41) is 2.59. The van der Waals surface area contributed by atoms with Gasteiger partial charge in [-0.1, -0.05) is 13.8 Å². The largest absolute Gasteiger partial charge is 0.449 e. The minimum Gasteiger partial charge on any atom is -0.449 e. The summed E-state index contributed by atoms with van der Waals surface area (Å²) in [4.78, 5) is 22.4. The van der Waals surface area contributed by atoms with Crippen molar-refractivity contribution < 1.29 is 14.3 Å². The molecule has 0 fully saturated rings. The van der Waals surface area contributed by atoms with Crippen molar-refractivity contribution in [2.45, 2.75) is 20.8 Å². The van der Waals surface area contributed by atoms with Crippen molar-refractivity contribution in [1.82, 2.24) is 0 Å². The van der Waals surface area contributed by atoms with Crippen molar-refractivity contribution in [1.29, 1.82) is 0 Å². The van der Waals surface area contributed by atoms with Crippen LogP contribution in [-0.2, 0) is 4.74 Å². The summed E-state index contributed by atoms with van der Waals surface area (Å²) in [6, 6.07) is 6.68. The third-order valence-corrected chi connectivity index (χ3v) is 2.09. The smallest absolute Gasteiger partial charge is 0.411 e. The van der Waals surface area contributed by atoms with Gasteiger partial charge in [0.05, 0.1) is 6.61 Å². The molecule has 1 amide bonds. The molecule has 92 valence electrons. The molecule has 0 saturated carbocycles. The van der Waals surface area contributed by atoms with Crippen LogP contribution in [0.15, 0.2) is 24.3 Å². The van der Waals surface area contributed by atoms with Gasteiger partial charge in [-0.05, 0) is 37.1 Å². The topological polar surface area (TPSA) is 55.4 Å². The number of hydrogen-bond donors (Lipinski definition) is 1. The monoisotopic (exact) mass is 235 g/mol. The van der Waals surface area contributed by atoms with Crippen LogP contribution in [0.1, 0.15) is 31.1 Å². The highest BCUT2D eigenvalue weighted by Gasteiger charge is 2.05. The molecule has 0 aliphatic heterocycles. The minimum absolute atomic E-state index is 0.000987. The fourth-order valence-electron chi connectivity index (χ4n) is 1.18. The van der Waals surface area contributed by atoms with Crippen LogP contribution in [-0.4, -0.2) is 18.5 Å². The first-order chi connectivity index (χ1) is 7.99. The first-order valence-corrected chi connectivity index (χ1v) is 5.54. The summed E-state index contributed by atoms with van der Waals surface area (Å²) in [6.07, 6.45) is -0.478. The second-order valence-corrected chi connectivity index (χ2v) is 4.25. The Labute approximate surface area is 101 Å². The Bertz CT molecular complexity index is 396. The number of Topliss-reactive ketones (excluding diaryl/α,β-unsaturated/α-hetero) is 1. The number of anilines is 1. The molecule has 0 bridgehead atoms. The van der Waals surface area contributed by atoms with Gasteiger partial charge in [-0.2, -0.15) is 0 Å². The molecule has 0 aromatic heterocycles. The Hall–Kier alpha value is -1.84. The van der Waals surface area contributed by atoms with Gasteiger partial charge in [0, 0.05) is 11.3 Å². The average Bonchev–Trinajstić information content (AvgIpc) is 2.27. The molecule has 0 atom stereocenters. The van der Waals surface area contributed by atoms with Crippen LogP contribution < -0.4 is 5.32 Å². The molecule has 1 N–H and O–H groups in total. The van der Waals surface area contributed by atoms with Crippen LogP contribution in [0, 0.1) is 5.92 Å². The van der Waals surface area contributed by atoms with E-state index in [-0.39, 0.29) is 5.78 Å². The van der Waals surface area contributed by atoms with E-state index >= 15 is 0 Å². The maximum Gasteiger partial charge on any atom is 0.411 e. The Balaban J connectivity index is 2.51. The zero-order valence-corrected chi connectivity index (χ0v) is 10.3. The summed E-state index contributed by atoms with van der Waals surface area (Å²) < 4.78 is 4.97. The van der Waals surface area contributed by atoms with Gasteiger partial charge in [0.25, 0.3) is 0 Å². The van der Waals surface area contributed by atoms with Crippen molar-refractivity contribution >= 4 is 17.6 Å². The van der Waals surface area contributed by atoms with E-state index in [9.17, 15) is 9.59 Å². The van der Waals surface area contributed by atoms with E-state index < -0.39 is 6.09 Å². The van der Waals surface area contributed by atoms with Crippen LogP contribution in [0.25, 0.3) is 0 Å². The fraction of sp³-hybridized carbons (Fsp3) is 0.385. The molecule has 1 aromatic rings. The minimum atomic E-state index is -0.478. The molecule has 4 heteroatoms. The molecule has 4 nitrogen and oxygen atoms in total. The standard InChI is InChI=1S/C13H17NO3/c1-9(2)8-17-13(16)14-12-6-4-11(5-7-12)10(3)15/h4-7,9H,8H2,1-3H3,(H,14,16). The van der Waals surface area contributed by atoms with E-state index in [0.29, 0.717) is 23.8 Å². The quantitative estimate of drug-likeness (QED) is 0.816. The van der Waals surface area contributed by atoms with Crippen molar-refractivity contribution in [3.63, 3.8) is 0 Å². The molecule has 0 saturated heterocycles. The van der Waals surface area contributed by atoms with Gasteiger partial charge < -0.3 is 4.74 Å². The van der Waals surface area contributed by atoms with Gasteiger partial charge in [0.1, 0.15) is 0 Å². The van der Waals surface area contributed by atoms with Gasteiger partial charge in [-0.15, -0.1) is 0 Å². The molecule has 0 spiro atoms. The number of hydrogen-bond acceptors (Lipinski definition) is 3. The van der Waals surface area contributed by atoms with E-state index in [2.05, 4.69) is 5.32 Å². The lowest BCUT2D eigenvalue weighted by Crippen LogP contribution is -2.16. The second kappa shape index (κ2) is 6.03. The number of rotatable bonds is 4. The van der Waals surface area contributed by atoms with Gasteiger partial charge in [-0.25, -0.2) is 4.79 Å². The van der Waals surface area contributed by atoms with Gasteiger partial charge in [0.15, 0.2) is 5.78 Å². The molecule has 0 unspecified atom stereocenters. The SMILES string of the molecule is CC(=O)c1ccc(NC(=O)OCC(C)C)cc1. The number of carbonyl (C=O) groups excluding carboxylic acids is 2. The van der Waals surface area contributed by atoms with E-state index in [1.54, 1.807) is 24.3 Å². The van der Waals surface area contributed by atoms with Crippen molar-refractivity contribution in [3.05, 3.63) is 29.8 Å². The number of benzene rings is 1. The Morgan fingerprint density at radius 3 is 2.29 bits per heavy atom. The van der Waals surface area contributed by atoms with E-state index in [1.807, 2.05) is 13.8 Å². The number of nitrogens with one attached hydrogen (secondary N) is 1. The molecular weight excluding hydrogens is 218 g/mol. The van der Waals surface area contributed by atoms with Gasteiger partial charge in [0.2, 0.25) is 0 Å². The van der Waals surface area contributed by atoms with E-state index in [4.69, 9.17) is 4.74 Å². The number of ketones is 1. The summed E-state index contributed by atoms with van der Waals surface area (Å²) in [6.45, 7) is 5.82. The molecule has 17 heavy (non-hydrogen) atoms.